The Labute approximate surface area is 282 Å². The Morgan fingerprint density at radius 3 is 2.73 bits per heavy atom. The number of aromatic carboxylic acids is 1. The highest BCUT2D eigenvalue weighted by molar-refractivity contribution is 7.22. The second kappa shape index (κ2) is 14.6. The molecule has 0 aliphatic carbocycles. The van der Waals surface area contributed by atoms with Crippen molar-refractivity contribution >= 4 is 44.4 Å². The second-order valence-electron chi connectivity index (χ2n) is 11.7. The number of aromatic nitrogens is 2. The molecule has 1 aliphatic heterocycles. The molecule has 2 aromatic heterocycles. The van der Waals surface area contributed by atoms with E-state index in [0.29, 0.717) is 66.5 Å². The number of halogens is 1. The molecule has 0 radical (unpaired) electrons. The summed E-state index contributed by atoms with van der Waals surface area (Å²) in [5, 5.41) is 13.5. The zero-order valence-corrected chi connectivity index (χ0v) is 27.4. The van der Waals surface area contributed by atoms with E-state index in [0.717, 1.165) is 21.3 Å². The van der Waals surface area contributed by atoms with Crippen LogP contribution in [0.3, 0.4) is 0 Å². The van der Waals surface area contributed by atoms with Crippen molar-refractivity contribution in [3.8, 4) is 17.6 Å². The number of carbonyl (C=O) groups excluding carboxylic acids is 1. The summed E-state index contributed by atoms with van der Waals surface area (Å²) in [7, 11) is 3.82. The zero-order chi connectivity index (χ0) is 33.6. The first kappa shape index (κ1) is 32.6. The SMILES string of the molecule is CN(C)CC#Cc1ccc(OCCCc2ccc(N3CCc4cccc(C(=O)Nc5nc6ccccc6s5)c4C3)nc2C(=O)O)c(F)c1. The molecular weight excluding hydrogens is 630 g/mol. The van der Waals surface area contributed by atoms with Gasteiger partial charge in [0.25, 0.3) is 5.91 Å². The molecule has 0 saturated heterocycles. The summed E-state index contributed by atoms with van der Waals surface area (Å²) in [4.78, 5) is 38.6. The second-order valence-corrected chi connectivity index (χ2v) is 12.7. The summed E-state index contributed by atoms with van der Waals surface area (Å²) in [5.41, 5.74) is 4.43. The molecule has 5 aromatic rings. The molecule has 3 aromatic carbocycles. The molecule has 0 unspecified atom stereocenters. The van der Waals surface area contributed by atoms with Crippen LogP contribution in [0.1, 0.15) is 49.5 Å². The van der Waals surface area contributed by atoms with Crippen LogP contribution < -0.4 is 15.0 Å². The van der Waals surface area contributed by atoms with E-state index in [1.54, 1.807) is 24.3 Å². The lowest BCUT2D eigenvalue weighted by molar-refractivity contribution is 0.0689. The third-order valence-corrected chi connectivity index (χ3v) is 8.88. The van der Waals surface area contributed by atoms with Crippen LogP contribution >= 0.6 is 11.3 Å². The van der Waals surface area contributed by atoms with Gasteiger partial charge in [-0.1, -0.05) is 53.5 Å². The number of carbonyl (C=O) groups is 2. The molecule has 3 heterocycles. The number of fused-ring (bicyclic) bond motifs is 2. The summed E-state index contributed by atoms with van der Waals surface area (Å²) < 4.78 is 21.2. The number of para-hydroxylation sites is 1. The first-order valence-electron chi connectivity index (χ1n) is 15.6. The normalized spacial score (nSPS) is 12.4. The molecule has 1 amide bonds. The van der Waals surface area contributed by atoms with Gasteiger partial charge >= 0.3 is 5.97 Å². The van der Waals surface area contributed by atoms with E-state index in [-0.39, 0.29) is 24.0 Å². The standard InChI is InChI=1S/C37H34FN5O4S/c1-42(2)19-6-8-24-14-16-31(29(38)22-24)47-21-7-10-26-15-17-33(40-34(26)36(45)46)43-20-18-25-9-5-11-27(28(25)23-43)35(44)41-37-39-30-12-3-4-13-32(30)48-37/h3-5,9,11-17,22H,7,10,18-21,23H2,1-2H3,(H,45,46)(H,39,41,44). The van der Waals surface area contributed by atoms with Gasteiger partial charge in [0, 0.05) is 24.2 Å². The Balaban J connectivity index is 1.10. The summed E-state index contributed by atoms with van der Waals surface area (Å²) in [6.45, 7) is 1.81. The monoisotopic (exact) mass is 663 g/mol. The smallest absolute Gasteiger partial charge is 0.354 e. The molecule has 2 N–H and O–H groups in total. The summed E-state index contributed by atoms with van der Waals surface area (Å²) in [6, 6.07) is 21.6. The lowest BCUT2D eigenvalue weighted by atomic mass is 9.94. The average Bonchev–Trinajstić information content (AvgIpc) is 3.49. The molecule has 48 heavy (non-hydrogen) atoms. The van der Waals surface area contributed by atoms with E-state index in [9.17, 15) is 19.1 Å². The molecule has 11 heteroatoms. The van der Waals surface area contributed by atoms with Crippen LogP contribution in [0.25, 0.3) is 10.2 Å². The van der Waals surface area contributed by atoms with E-state index in [1.807, 2.05) is 66.4 Å². The highest BCUT2D eigenvalue weighted by atomic mass is 32.1. The first-order valence-corrected chi connectivity index (χ1v) is 16.4. The minimum absolute atomic E-state index is 0.0352. The van der Waals surface area contributed by atoms with Crippen molar-refractivity contribution in [2.45, 2.75) is 25.8 Å². The Hall–Kier alpha value is -5.31. The minimum atomic E-state index is -1.13. The number of thiazole rings is 1. The number of benzene rings is 3. The molecular formula is C37H34FN5O4S. The van der Waals surface area contributed by atoms with Gasteiger partial charge in [0.05, 0.1) is 23.4 Å². The summed E-state index contributed by atoms with van der Waals surface area (Å²) >= 11 is 1.42. The Morgan fingerprint density at radius 2 is 1.94 bits per heavy atom. The molecule has 0 spiro atoms. The third-order valence-electron chi connectivity index (χ3n) is 7.93. The number of amides is 1. The number of nitrogens with zero attached hydrogens (tertiary/aromatic N) is 4. The van der Waals surface area contributed by atoms with Gasteiger partial charge in [-0.25, -0.2) is 19.2 Å². The fraction of sp³-hybridized carbons (Fsp3) is 0.243. The molecule has 1 aliphatic rings. The van der Waals surface area contributed by atoms with E-state index >= 15 is 0 Å². The Kier molecular flexibility index (Phi) is 9.94. The van der Waals surface area contributed by atoms with E-state index < -0.39 is 11.8 Å². The molecule has 0 saturated carbocycles. The van der Waals surface area contributed by atoms with Crippen LogP contribution in [-0.4, -0.2) is 65.6 Å². The fourth-order valence-corrected chi connectivity index (χ4v) is 6.42. The number of nitrogens with one attached hydrogen (secondary N) is 1. The molecule has 0 fully saturated rings. The maximum atomic E-state index is 14.6. The van der Waals surface area contributed by atoms with Crippen LogP contribution in [0.5, 0.6) is 5.75 Å². The van der Waals surface area contributed by atoms with Crippen LogP contribution in [0.4, 0.5) is 15.3 Å². The number of hydrogen-bond donors (Lipinski definition) is 2. The maximum absolute atomic E-state index is 14.6. The zero-order valence-electron chi connectivity index (χ0n) is 26.6. The number of hydrogen-bond acceptors (Lipinski definition) is 8. The van der Waals surface area contributed by atoms with Crippen LogP contribution in [0.15, 0.2) is 72.8 Å². The van der Waals surface area contributed by atoms with Crippen molar-refractivity contribution in [1.82, 2.24) is 14.9 Å². The van der Waals surface area contributed by atoms with Gasteiger partial charge in [-0.15, -0.1) is 0 Å². The van der Waals surface area contributed by atoms with Gasteiger partial charge in [0.1, 0.15) is 5.82 Å². The summed E-state index contributed by atoms with van der Waals surface area (Å²) in [6.07, 6.45) is 1.54. The van der Waals surface area contributed by atoms with Gasteiger partial charge in [-0.3, -0.25) is 15.0 Å². The van der Waals surface area contributed by atoms with Gasteiger partial charge < -0.3 is 14.7 Å². The Morgan fingerprint density at radius 1 is 1.08 bits per heavy atom. The minimum Gasteiger partial charge on any atom is -0.491 e. The van der Waals surface area contributed by atoms with Crippen molar-refractivity contribution in [1.29, 1.82) is 0 Å². The number of aryl methyl sites for hydroxylation is 1. The molecule has 0 bridgehead atoms. The van der Waals surface area contributed by atoms with E-state index in [1.165, 1.54) is 17.4 Å². The van der Waals surface area contributed by atoms with Crippen LogP contribution in [0.2, 0.25) is 0 Å². The molecule has 244 valence electrons. The van der Waals surface area contributed by atoms with Crippen molar-refractivity contribution in [2.75, 3.05) is 44.0 Å². The van der Waals surface area contributed by atoms with Gasteiger partial charge in [-0.2, -0.15) is 0 Å². The van der Waals surface area contributed by atoms with Gasteiger partial charge in [0.2, 0.25) is 0 Å². The number of pyridine rings is 1. The predicted octanol–water partition coefficient (Wildman–Crippen LogP) is 6.27. The summed E-state index contributed by atoms with van der Waals surface area (Å²) in [5.74, 6) is 4.69. The number of carboxylic acid groups (broad SMARTS) is 1. The number of ether oxygens (including phenoxy) is 1. The third kappa shape index (κ3) is 7.62. The van der Waals surface area contributed by atoms with Crippen LogP contribution in [0, 0.1) is 17.7 Å². The predicted molar refractivity (Wildman–Crippen MR) is 186 cm³/mol. The van der Waals surface area contributed by atoms with Crippen molar-refractivity contribution in [3.05, 3.63) is 112 Å². The highest BCUT2D eigenvalue weighted by Crippen LogP contribution is 2.30. The van der Waals surface area contributed by atoms with Gasteiger partial charge in [0.15, 0.2) is 22.4 Å². The van der Waals surface area contributed by atoms with Crippen molar-refractivity contribution in [2.24, 2.45) is 0 Å². The number of carboxylic acids is 1. The highest BCUT2D eigenvalue weighted by Gasteiger charge is 2.25. The van der Waals surface area contributed by atoms with Gasteiger partial charge in [-0.05, 0) is 92.5 Å². The fourth-order valence-electron chi connectivity index (χ4n) is 5.56. The van der Waals surface area contributed by atoms with Crippen molar-refractivity contribution in [3.63, 3.8) is 0 Å². The largest absolute Gasteiger partial charge is 0.491 e. The first-order chi connectivity index (χ1) is 23.2. The van der Waals surface area contributed by atoms with Crippen molar-refractivity contribution < 1.29 is 23.8 Å². The maximum Gasteiger partial charge on any atom is 0.354 e. The topological polar surface area (TPSA) is 108 Å². The van der Waals surface area contributed by atoms with E-state index in [2.05, 4.69) is 27.1 Å². The Bertz CT molecular complexity index is 2020. The number of rotatable bonds is 10. The lowest BCUT2D eigenvalue weighted by Gasteiger charge is -2.31. The van der Waals surface area contributed by atoms with Crippen LogP contribution in [-0.2, 0) is 19.4 Å². The van der Waals surface area contributed by atoms with E-state index in [4.69, 9.17) is 4.74 Å². The molecule has 9 nitrogen and oxygen atoms in total. The average molecular weight is 664 g/mol. The molecule has 0 atom stereocenters. The molecule has 6 rings (SSSR count). The quantitative estimate of drug-likeness (QED) is 0.133. The lowest BCUT2D eigenvalue weighted by Crippen LogP contribution is -2.33. The number of anilines is 2.